The molecule has 1 atom stereocenters. The van der Waals surface area contributed by atoms with E-state index in [-0.39, 0.29) is 5.92 Å². The van der Waals surface area contributed by atoms with Crippen LogP contribution < -0.4 is 0 Å². The molecule has 0 spiro atoms. The van der Waals surface area contributed by atoms with Gasteiger partial charge < -0.3 is 0 Å². The molecule has 0 saturated heterocycles. The first kappa shape index (κ1) is 12.7. The van der Waals surface area contributed by atoms with Crippen LogP contribution in [-0.4, -0.2) is 5.75 Å². The smallest absolute Gasteiger partial charge is 0.0803 e. The standard InChI is InChI=1S/C16H15NS/c17-11-16(15-9-5-2-6-10-15)13-18-12-14-7-3-1-4-8-14/h1-10,16H,12-13H2. The zero-order valence-electron chi connectivity index (χ0n) is 10.1. The zero-order chi connectivity index (χ0) is 12.6. The van der Waals surface area contributed by atoms with Crippen LogP contribution in [0, 0.1) is 11.3 Å². The predicted molar refractivity (Wildman–Crippen MR) is 77.4 cm³/mol. The third-order valence-electron chi connectivity index (χ3n) is 2.75. The predicted octanol–water partition coefficient (Wildman–Crippen LogP) is 4.23. The van der Waals surface area contributed by atoms with Gasteiger partial charge in [-0.2, -0.15) is 17.0 Å². The number of nitriles is 1. The molecule has 0 saturated carbocycles. The highest BCUT2D eigenvalue weighted by atomic mass is 32.2. The summed E-state index contributed by atoms with van der Waals surface area (Å²) in [7, 11) is 0. The van der Waals surface area contributed by atoms with Crippen LogP contribution in [0.4, 0.5) is 0 Å². The van der Waals surface area contributed by atoms with Crippen molar-refractivity contribution in [1.82, 2.24) is 0 Å². The van der Waals surface area contributed by atoms with Gasteiger partial charge in [-0.15, -0.1) is 0 Å². The Hall–Kier alpha value is -1.72. The van der Waals surface area contributed by atoms with Crippen LogP contribution in [0.3, 0.4) is 0 Å². The molecule has 2 aromatic carbocycles. The van der Waals surface area contributed by atoms with E-state index in [1.54, 1.807) is 0 Å². The minimum absolute atomic E-state index is 0.0140. The van der Waals surface area contributed by atoms with Crippen molar-refractivity contribution in [2.24, 2.45) is 0 Å². The molecule has 1 unspecified atom stereocenters. The summed E-state index contributed by atoms with van der Waals surface area (Å²) in [5.74, 6) is 1.79. The minimum Gasteiger partial charge on any atom is -0.198 e. The maximum Gasteiger partial charge on any atom is 0.0803 e. The van der Waals surface area contributed by atoms with Gasteiger partial charge in [0, 0.05) is 11.5 Å². The van der Waals surface area contributed by atoms with Crippen molar-refractivity contribution in [3.8, 4) is 6.07 Å². The topological polar surface area (TPSA) is 23.8 Å². The van der Waals surface area contributed by atoms with Crippen molar-refractivity contribution in [2.75, 3.05) is 5.75 Å². The maximum atomic E-state index is 9.21. The number of hydrogen-bond acceptors (Lipinski definition) is 2. The van der Waals surface area contributed by atoms with Gasteiger partial charge in [-0.3, -0.25) is 0 Å². The van der Waals surface area contributed by atoms with E-state index in [0.717, 1.165) is 17.1 Å². The number of benzene rings is 2. The Morgan fingerprint density at radius 2 is 1.56 bits per heavy atom. The molecule has 0 aliphatic rings. The lowest BCUT2D eigenvalue weighted by Crippen LogP contribution is -1.99. The quantitative estimate of drug-likeness (QED) is 0.796. The van der Waals surface area contributed by atoms with Crippen molar-refractivity contribution >= 4 is 11.8 Å². The molecule has 2 aromatic rings. The third kappa shape index (κ3) is 3.65. The second-order valence-electron chi connectivity index (χ2n) is 4.09. The molecule has 0 aromatic heterocycles. The molecule has 18 heavy (non-hydrogen) atoms. The fraction of sp³-hybridized carbons (Fsp3) is 0.188. The van der Waals surface area contributed by atoms with Crippen LogP contribution >= 0.6 is 11.8 Å². The molecule has 0 N–H and O–H groups in total. The molecule has 0 aliphatic heterocycles. The van der Waals surface area contributed by atoms with E-state index in [0.29, 0.717) is 0 Å². The fourth-order valence-corrected chi connectivity index (χ4v) is 2.81. The molecular formula is C16H15NS. The van der Waals surface area contributed by atoms with Crippen LogP contribution in [0.15, 0.2) is 60.7 Å². The summed E-state index contributed by atoms with van der Waals surface area (Å²) in [4.78, 5) is 0. The SMILES string of the molecule is N#CC(CSCc1ccccc1)c1ccccc1. The first-order chi connectivity index (χ1) is 8.90. The van der Waals surface area contributed by atoms with Crippen LogP contribution in [0.5, 0.6) is 0 Å². The average molecular weight is 253 g/mol. The summed E-state index contributed by atoms with van der Waals surface area (Å²) in [6.45, 7) is 0. The molecule has 90 valence electrons. The number of nitrogens with zero attached hydrogens (tertiary/aromatic N) is 1. The second-order valence-corrected chi connectivity index (χ2v) is 5.12. The van der Waals surface area contributed by atoms with Gasteiger partial charge in [-0.1, -0.05) is 60.7 Å². The molecule has 1 nitrogen and oxygen atoms in total. The number of hydrogen-bond donors (Lipinski definition) is 0. The van der Waals surface area contributed by atoms with Crippen molar-refractivity contribution in [3.05, 3.63) is 71.8 Å². The Labute approximate surface area is 112 Å². The first-order valence-electron chi connectivity index (χ1n) is 5.96. The van der Waals surface area contributed by atoms with Crippen molar-refractivity contribution in [1.29, 1.82) is 5.26 Å². The van der Waals surface area contributed by atoms with E-state index in [1.807, 2.05) is 48.2 Å². The maximum absolute atomic E-state index is 9.21. The van der Waals surface area contributed by atoms with Crippen LogP contribution in [0.2, 0.25) is 0 Å². The normalized spacial score (nSPS) is 11.7. The highest BCUT2D eigenvalue weighted by molar-refractivity contribution is 7.98. The molecule has 2 heteroatoms. The third-order valence-corrected chi connectivity index (χ3v) is 3.86. The van der Waals surface area contributed by atoms with Gasteiger partial charge in [0.05, 0.1) is 12.0 Å². The molecule has 0 bridgehead atoms. The molecule has 0 amide bonds. The molecule has 0 aliphatic carbocycles. The Balaban J connectivity index is 1.88. The van der Waals surface area contributed by atoms with E-state index in [1.165, 1.54) is 5.56 Å². The van der Waals surface area contributed by atoms with Gasteiger partial charge in [0.15, 0.2) is 0 Å². The Morgan fingerprint density at radius 3 is 2.17 bits per heavy atom. The van der Waals surface area contributed by atoms with Crippen LogP contribution in [0.25, 0.3) is 0 Å². The Kier molecular flexibility index (Phi) is 4.87. The zero-order valence-corrected chi connectivity index (χ0v) is 10.9. The summed E-state index contributed by atoms with van der Waals surface area (Å²) < 4.78 is 0. The minimum atomic E-state index is -0.0140. The van der Waals surface area contributed by atoms with Crippen LogP contribution in [-0.2, 0) is 5.75 Å². The molecule has 2 rings (SSSR count). The Bertz CT molecular complexity index is 502. The summed E-state index contributed by atoms with van der Waals surface area (Å²) in [6.07, 6.45) is 0. The fourth-order valence-electron chi connectivity index (χ4n) is 1.76. The van der Waals surface area contributed by atoms with Gasteiger partial charge in [0.25, 0.3) is 0 Å². The van der Waals surface area contributed by atoms with Gasteiger partial charge in [0.2, 0.25) is 0 Å². The van der Waals surface area contributed by atoms with E-state index in [9.17, 15) is 5.26 Å². The highest BCUT2D eigenvalue weighted by Crippen LogP contribution is 2.22. The van der Waals surface area contributed by atoms with E-state index in [2.05, 4.69) is 30.3 Å². The largest absolute Gasteiger partial charge is 0.198 e. The lowest BCUT2D eigenvalue weighted by molar-refractivity contribution is 0.996. The summed E-state index contributed by atoms with van der Waals surface area (Å²) in [6, 6.07) is 22.8. The van der Waals surface area contributed by atoms with Gasteiger partial charge >= 0.3 is 0 Å². The van der Waals surface area contributed by atoms with Crippen LogP contribution in [0.1, 0.15) is 17.0 Å². The molecular weight excluding hydrogens is 238 g/mol. The van der Waals surface area contributed by atoms with Gasteiger partial charge in [-0.25, -0.2) is 0 Å². The monoisotopic (exact) mass is 253 g/mol. The number of thioether (sulfide) groups is 1. The van der Waals surface area contributed by atoms with E-state index < -0.39 is 0 Å². The van der Waals surface area contributed by atoms with Crippen molar-refractivity contribution in [2.45, 2.75) is 11.7 Å². The molecule has 0 fully saturated rings. The van der Waals surface area contributed by atoms with Crippen molar-refractivity contribution in [3.63, 3.8) is 0 Å². The summed E-state index contributed by atoms with van der Waals surface area (Å²) in [5, 5.41) is 9.21. The Morgan fingerprint density at radius 1 is 0.944 bits per heavy atom. The van der Waals surface area contributed by atoms with E-state index in [4.69, 9.17) is 0 Å². The number of rotatable bonds is 5. The van der Waals surface area contributed by atoms with Gasteiger partial charge in [0.1, 0.15) is 0 Å². The van der Waals surface area contributed by atoms with Crippen molar-refractivity contribution < 1.29 is 0 Å². The lowest BCUT2D eigenvalue weighted by atomic mass is 10.0. The first-order valence-corrected chi connectivity index (χ1v) is 7.12. The van der Waals surface area contributed by atoms with E-state index >= 15 is 0 Å². The average Bonchev–Trinajstić information content (AvgIpc) is 2.46. The highest BCUT2D eigenvalue weighted by Gasteiger charge is 2.09. The second kappa shape index (κ2) is 6.88. The molecule has 0 radical (unpaired) electrons. The summed E-state index contributed by atoms with van der Waals surface area (Å²) in [5.41, 5.74) is 2.42. The molecule has 0 heterocycles. The lowest BCUT2D eigenvalue weighted by Gasteiger charge is -2.08. The van der Waals surface area contributed by atoms with Gasteiger partial charge in [-0.05, 0) is 11.1 Å². The summed E-state index contributed by atoms with van der Waals surface area (Å²) >= 11 is 1.81.